The second-order valence-corrected chi connectivity index (χ2v) is 5.15. The summed E-state index contributed by atoms with van der Waals surface area (Å²) in [5.74, 6) is 0. The zero-order valence-electron chi connectivity index (χ0n) is 3.84. The third-order valence-electron chi connectivity index (χ3n) is 0.377. The fourth-order valence-corrected chi connectivity index (χ4v) is 1.76. The zero-order chi connectivity index (χ0) is 5.91. The fourth-order valence-electron chi connectivity index (χ4n) is 0.200. The van der Waals surface area contributed by atoms with E-state index in [0.717, 1.165) is 0 Å². The molecular weight excluding hydrogens is 296 g/mol. The van der Waals surface area contributed by atoms with Crippen LogP contribution < -0.4 is 3.08 Å². The summed E-state index contributed by atoms with van der Waals surface area (Å²) in [4.78, 5) is 0. The Morgan fingerprint density at radius 3 is 1.86 bits per heavy atom. The van der Waals surface area contributed by atoms with E-state index in [-0.39, 0.29) is 0 Å². The maximum absolute atomic E-state index is 11.0. The molecule has 0 aliphatic rings. The Kier molecular flexibility index (Phi) is 3.14. The molecule has 0 radical (unpaired) electrons. The summed E-state index contributed by atoms with van der Waals surface area (Å²) >= 11 is -1.66. The summed E-state index contributed by atoms with van der Waals surface area (Å²) < 4.78 is 36.1. The van der Waals surface area contributed by atoms with Gasteiger partial charge in [-0.15, -0.1) is 0 Å². The number of hydrogen-bond acceptors (Lipinski definition) is 1. The molecule has 0 amide bonds. The summed E-state index contributed by atoms with van der Waals surface area (Å²) in [7, 11) is 0. The molecule has 0 fully saturated rings. The third-order valence-corrected chi connectivity index (χ3v) is 3.31. The van der Waals surface area contributed by atoms with Crippen molar-refractivity contribution in [2.45, 2.75) is 10.7 Å². The molecule has 0 aromatic heterocycles. The van der Waals surface area contributed by atoms with Gasteiger partial charge in [-0.3, -0.25) is 0 Å². The van der Waals surface area contributed by atoms with Gasteiger partial charge < -0.3 is 0 Å². The third kappa shape index (κ3) is 6.69. The monoisotopic (exact) mass is 301 g/mol. The molecule has 7 heavy (non-hydrogen) atoms. The van der Waals surface area contributed by atoms with Gasteiger partial charge in [-0.1, -0.05) is 0 Å². The molecule has 0 aromatic rings. The molecule has 1 nitrogen and oxygen atoms in total. The molecule has 1 N–H and O–H groups in total. The zero-order valence-corrected chi connectivity index (χ0v) is 9.34. The number of nitrogens with one attached hydrogen (secondary N) is 1. The number of rotatable bonds is 1. The van der Waals surface area contributed by atoms with Gasteiger partial charge in [-0.2, -0.15) is 0 Å². The Morgan fingerprint density at radius 2 is 1.86 bits per heavy atom. The van der Waals surface area contributed by atoms with Crippen LogP contribution in [0.1, 0.15) is 0 Å². The number of hydrogen-bond donors (Lipinski definition) is 1. The quantitative estimate of drug-likeness (QED) is 0.566. The first kappa shape index (κ1) is 7.69. The molecule has 0 aliphatic heterocycles. The van der Waals surface area contributed by atoms with Gasteiger partial charge in [0.25, 0.3) is 0 Å². The average molecular weight is 300 g/mol. The van der Waals surface area contributed by atoms with Crippen molar-refractivity contribution < 1.29 is 38.0 Å². The van der Waals surface area contributed by atoms with Crippen LogP contribution in [0.4, 0.5) is 13.2 Å². The van der Waals surface area contributed by atoms with Crippen molar-refractivity contribution in [1.82, 2.24) is 3.08 Å². The summed E-state index contributed by atoms with van der Waals surface area (Å²) in [5, 5.41) is 0. The van der Waals surface area contributed by atoms with Gasteiger partial charge in [0.2, 0.25) is 0 Å². The van der Waals surface area contributed by atoms with Crippen LogP contribution >= 0.6 is 0 Å². The topological polar surface area (TPSA) is 12.0 Å². The van der Waals surface area contributed by atoms with Crippen LogP contribution in [-0.2, 0) is 24.9 Å². The van der Waals surface area contributed by atoms with E-state index in [1.807, 2.05) is 0 Å². The van der Waals surface area contributed by atoms with Crippen molar-refractivity contribution in [3.63, 3.8) is 0 Å². The van der Waals surface area contributed by atoms with E-state index in [4.69, 9.17) is 0 Å². The summed E-state index contributed by atoms with van der Waals surface area (Å²) in [6.07, 6.45) is -4.10. The van der Waals surface area contributed by atoms with Crippen LogP contribution in [0.25, 0.3) is 0 Å². The van der Waals surface area contributed by atoms with Gasteiger partial charge in [0, 0.05) is 0 Å². The molecule has 40 valence electrons. The molecule has 5 heteroatoms. The van der Waals surface area contributed by atoms with E-state index in [1.165, 1.54) is 3.08 Å². The molecule has 0 spiro atoms. The van der Waals surface area contributed by atoms with Gasteiger partial charge in [0.1, 0.15) is 0 Å². The molecule has 0 saturated heterocycles. The minimum atomic E-state index is -4.10. The Hall–Kier alpha value is 0.685. The SMILES string of the molecule is [CH3][Hg][NH]C(F)(F)F. The number of alkyl halides is 3. The maximum atomic E-state index is 11.0. The minimum absolute atomic E-state index is 1.51. The second-order valence-electron chi connectivity index (χ2n) is 1.03. The van der Waals surface area contributed by atoms with Gasteiger partial charge in [0.05, 0.1) is 0 Å². The molecule has 0 aliphatic carbocycles. The van der Waals surface area contributed by atoms with E-state index < -0.39 is 31.2 Å². The van der Waals surface area contributed by atoms with Crippen molar-refractivity contribution >= 4 is 0 Å². The van der Waals surface area contributed by atoms with Crippen LogP contribution in [0.15, 0.2) is 0 Å². The van der Waals surface area contributed by atoms with Crippen molar-refractivity contribution in [1.29, 1.82) is 0 Å². The van der Waals surface area contributed by atoms with Crippen LogP contribution in [0, 0.1) is 0 Å². The molecule has 0 rings (SSSR count). The van der Waals surface area contributed by atoms with E-state index >= 15 is 0 Å². The van der Waals surface area contributed by atoms with Crippen molar-refractivity contribution in [2.75, 3.05) is 0 Å². The van der Waals surface area contributed by atoms with Gasteiger partial charge >= 0.3 is 51.9 Å². The van der Waals surface area contributed by atoms with Crippen LogP contribution in [0.3, 0.4) is 0 Å². The van der Waals surface area contributed by atoms with Crippen LogP contribution in [0.5, 0.6) is 0 Å². The summed E-state index contributed by atoms with van der Waals surface area (Å²) in [6, 6.07) is 0. The first-order valence-corrected chi connectivity index (χ1v) is 10.1. The van der Waals surface area contributed by atoms with Gasteiger partial charge in [0.15, 0.2) is 0 Å². The van der Waals surface area contributed by atoms with Crippen molar-refractivity contribution in [2.24, 2.45) is 0 Å². The molecule has 0 heterocycles. The molecule has 0 atom stereocenters. The molecular formula is C2H4F3HgN. The Labute approximate surface area is 52.1 Å². The molecule has 0 aromatic carbocycles. The fraction of sp³-hybridized carbons (Fsp3) is 1.00. The van der Waals surface area contributed by atoms with E-state index in [1.54, 1.807) is 4.43 Å². The van der Waals surface area contributed by atoms with Crippen molar-refractivity contribution in [3.05, 3.63) is 0 Å². The molecule has 0 bridgehead atoms. The average Bonchev–Trinajstić information content (AvgIpc) is 1.30. The van der Waals surface area contributed by atoms with E-state index in [2.05, 4.69) is 0 Å². The predicted molar refractivity (Wildman–Crippen MR) is 15.1 cm³/mol. The first-order valence-electron chi connectivity index (χ1n) is 1.88. The van der Waals surface area contributed by atoms with E-state index in [9.17, 15) is 13.2 Å². The predicted octanol–water partition coefficient (Wildman–Crippen LogP) is 1.14. The van der Waals surface area contributed by atoms with Gasteiger partial charge in [-0.25, -0.2) is 0 Å². The van der Waals surface area contributed by atoms with Gasteiger partial charge in [-0.05, 0) is 0 Å². The van der Waals surface area contributed by atoms with Crippen molar-refractivity contribution in [3.8, 4) is 0 Å². The standard InChI is InChI=1S/CHF3N.CH3.Hg/c2-1(3,4)5;;/h5H;1H3;/q-1;;+1. The first-order chi connectivity index (χ1) is 3.06. The normalized spacial score (nSPS) is 10.9. The molecule has 0 saturated carbocycles. The van der Waals surface area contributed by atoms with E-state index in [0.29, 0.717) is 0 Å². The molecule has 0 unspecified atom stereocenters. The second kappa shape index (κ2) is 2.86. The Bertz CT molecular complexity index is 51.4. The van der Waals surface area contributed by atoms with Crippen LogP contribution in [-0.4, -0.2) is 6.30 Å². The van der Waals surface area contributed by atoms with Crippen LogP contribution in [0.2, 0.25) is 4.43 Å². The Morgan fingerprint density at radius 1 is 1.43 bits per heavy atom. The number of halogens is 3. The Balaban J connectivity index is 3.15. The summed E-state index contributed by atoms with van der Waals surface area (Å²) in [5.41, 5.74) is 0. The summed E-state index contributed by atoms with van der Waals surface area (Å²) in [6.45, 7) is 0.